The van der Waals surface area contributed by atoms with E-state index in [0.717, 1.165) is 0 Å². The van der Waals surface area contributed by atoms with E-state index in [4.69, 9.17) is 39.0 Å². The maximum Gasteiger partial charge on any atom is 0.234 e. The number of amides is 1. The smallest absolute Gasteiger partial charge is 0.234 e. The van der Waals surface area contributed by atoms with E-state index in [-0.39, 0.29) is 16.8 Å². The number of methoxy groups -OCH3 is 2. The molecule has 21 heavy (non-hydrogen) atoms. The molecule has 0 saturated carbocycles. The van der Waals surface area contributed by atoms with Gasteiger partial charge in [-0.2, -0.15) is 0 Å². The zero-order valence-corrected chi connectivity index (χ0v) is 14.0. The lowest BCUT2D eigenvalue weighted by Gasteiger charge is -2.20. The van der Waals surface area contributed by atoms with Crippen LogP contribution in [0.4, 0.5) is 5.69 Å². The fourth-order valence-electron chi connectivity index (χ4n) is 1.93. The van der Waals surface area contributed by atoms with Crippen LogP contribution in [0, 0.1) is 11.8 Å². The lowest BCUT2D eigenvalue weighted by atomic mass is 9.95. The van der Waals surface area contributed by atoms with E-state index in [1.165, 1.54) is 14.2 Å². The molecule has 0 bridgehead atoms. The average Bonchev–Trinajstić information content (AvgIpc) is 2.39. The van der Waals surface area contributed by atoms with Gasteiger partial charge < -0.3 is 20.5 Å². The van der Waals surface area contributed by atoms with Gasteiger partial charge in [0.2, 0.25) is 5.91 Å². The minimum absolute atomic E-state index is 0.0114. The Morgan fingerprint density at radius 3 is 2.29 bits per heavy atom. The van der Waals surface area contributed by atoms with Crippen LogP contribution in [0.3, 0.4) is 0 Å². The molecule has 0 aromatic heterocycles. The fourth-order valence-corrected chi connectivity index (χ4v) is 2.54. The number of carbonyl (C=O) groups is 1. The predicted octanol–water partition coefficient (Wildman–Crippen LogP) is 2.85. The summed E-state index contributed by atoms with van der Waals surface area (Å²) < 4.78 is 10.3. The van der Waals surface area contributed by atoms with Gasteiger partial charge in [-0.25, -0.2) is 0 Å². The summed E-state index contributed by atoms with van der Waals surface area (Å²) in [6, 6.07) is 3.16. The molecule has 0 spiro atoms. The second kappa shape index (κ2) is 7.47. The lowest BCUT2D eigenvalue weighted by molar-refractivity contribution is -0.118. The summed E-state index contributed by atoms with van der Waals surface area (Å²) in [6.45, 7) is 3.76. The summed E-state index contributed by atoms with van der Waals surface area (Å²) in [7, 11) is 2.98. The normalized spacial score (nSPS) is 11.9. The van der Waals surface area contributed by atoms with Crippen LogP contribution in [-0.2, 0) is 4.79 Å². The molecule has 1 aromatic carbocycles. The molecular weight excluding hydrogens is 312 g/mol. The number of carbonyl (C=O) groups excluding carboxylic acids is 1. The van der Waals surface area contributed by atoms with Crippen molar-refractivity contribution in [1.82, 2.24) is 0 Å². The summed E-state index contributed by atoms with van der Waals surface area (Å²) in [5.41, 5.74) is 6.09. The largest absolute Gasteiger partial charge is 0.495 e. The predicted molar refractivity (Wildman–Crippen MR) is 88.3 cm³/mol. The Labute approximate surface area is 134 Å². The number of hydrogen-bond acceptors (Lipinski definition) is 4. The van der Waals surface area contributed by atoms with Crippen LogP contribution in [0.1, 0.15) is 13.8 Å². The molecule has 0 heterocycles. The SMILES string of the molecule is COc1cc(NC(=O)C(C(N)=S)C(C)C)c(OC)cc1Cl. The van der Waals surface area contributed by atoms with Gasteiger partial charge in [-0.15, -0.1) is 0 Å². The minimum Gasteiger partial charge on any atom is -0.495 e. The fraction of sp³-hybridized carbons (Fsp3) is 0.429. The Balaban J connectivity index is 3.11. The van der Waals surface area contributed by atoms with E-state index in [2.05, 4.69) is 5.32 Å². The van der Waals surface area contributed by atoms with Gasteiger partial charge in [0.25, 0.3) is 0 Å². The number of halogens is 1. The van der Waals surface area contributed by atoms with Gasteiger partial charge in [0, 0.05) is 12.1 Å². The van der Waals surface area contributed by atoms with Crippen molar-refractivity contribution in [3.05, 3.63) is 17.2 Å². The molecule has 7 heteroatoms. The van der Waals surface area contributed by atoms with Crippen molar-refractivity contribution in [2.24, 2.45) is 17.6 Å². The molecule has 1 atom stereocenters. The van der Waals surface area contributed by atoms with Crippen LogP contribution in [0.25, 0.3) is 0 Å². The van der Waals surface area contributed by atoms with Gasteiger partial charge >= 0.3 is 0 Å². The van der Waals surface area contributed by atoms with Crippen LogP contribution in [-0.4, -0.2) is 25.1 Å². The molecule has 0 radical (unpaired) electrons. The third-order valence-electron chi connectivity index (χ3n) is 2.99. The molecule has 1 unspecified atom stereocenters. The molecule has 0 fully saturated rings. The maximum absolute atomic E-state index is 12.3. The van der Waals surface area contributed by atoms with E-state index >= 15 is 0 Å². The number of benzene rings is 1. The Morgan fingerprint density at radius 2 is 1.86 bits per heavy atom. The zero-order chi connectivity index (χ0) is 16.2. The first kappa shape index (κ1) is 17.5. The van der Waals surface area contributed by atoms with Gasteiger partial charge in [0.15, 0.2) is 0 Å². The quantitative estimate of drug-likeness (QED) is 0.785. The van der Waals surface area contributed by atoms with Crippen LogP contribution < -0.4 is 20.5 Å². The van der Waals surface area contributed by atoms with E-state index in [9.17, 15) is 4.79 Å². The highest BCUT2D eigenvalue weighted by atomic mass is 35.5. The number of hydrogen-bond donors (Lipinski definition) is 2. The number of nitrogens with two attached hydrogens (primary N) is 1. The van der Waals surface area contributed by atoms with Crippen LogP contribution >= 0.6 is 23.8 Å². The molecule has 3 N–H and O–H groups in total. The van der Waals surface area contributed by atoms with Crippen molar-refractivity contribution in [2.75, 3.05) is 19.5 Å². The zero-order valence-electron chi connectivity index (χ0n) is 12.4. The highest BCUT2D eigenvalue weighted by Crippen LogP contribution is 2.36. The summed E-state index contributed by atoms with van der Waals surface area (Å²) in [5.74, 6) is -0.00182. The van der Waals surface area contributed by atoms with Crippen molar-refractivity contribution >= 4 is 40.4 Å². The van der Waals surface area contributed by atoms with Crippen LogP contribution in [0.15, 0.2) is 12.1 Å². The van der Waals surface area contributed by atoms with E-state index in [0.29, 0.717) is 22.2 Å². The average molecular weight is 331 g/mol. The van der Waals surface area contributed by atoms with E-state index in [1.807, 2.05) is 13.8 Å². The first-order valence-corrected chi connectivity index (χ1v) is 7.12. The van der Waals surface area contributed by atoms with Gasteiger partial charge in [0.1, 0.15) is 11.5 Å². The number of nitrogens with one attached hydrogen (secondary N) is 1. The first-order valence-electron chi connectivity index (χ1n) is 6.33. The lowest BCUT2D eigenvalue weighted by Crippen LogP contribution is -2.36. The number of rotatable bonds is 6. The van der Waals surface area contributed by atoms with Gasteiger partial charge in [-0.05, 0) is 5.92 Å². The minimum atomic E-state index is -0.564. The molecule has 1 aromatic rings. The van der Waals surface area contributed by atoms with Crippen LogP contribution in [0.5, 0.6) is 11.5 Å². The third-order valence-corrected chi connectivity index (χ3v) is 3.54. The Bertz CT molecular complexity index is 549. The molecule has 0 aliphatic carbocycles. The molecule has 0 saturated heterocycles. The first-order chi connectivity index (χ1) is 9.81. The number of ether oxygens (including phenoxy) is 2. The van der Waals surface area contributed by atoms with Gasteiger partial charge in [-0.1, -0.05) is 37.7 Å². The van der Waals surface area contributed by atoms with Crippen molar-refractivity contribution in [3.8, 4) is 11.5 Å². The second-order valence-electron chi connectivity index (χ2n) is 4.80. The van der Waals surface area contributed by atoms with Crippen molar-refractivity contribution in [2.45, 2.75) is 13.8 Å². The monoisotopic (exact) mass is 330 g/mol. The van der Waals surface area contributed by atoms with Crippen molar-refractivity contribution in [3.63, 3.8) is 0 Å². The molecule has 1 amide bonds. The molecule has 0 aliphatic rings. The molecule has 5 nitrogen and oxygen atoms in total. The molecular formula is C14H19ClN2O3S. The van der Waals surface area contributed by atoms with E-state index < -0.39 is 5.92 Å². The molecule has 1 rings (SSSR count). The molecule has 0 aliphatic heterocycles. The highest BCUT2D eigenvalue weighted by Gasteiger charge is 2.26. The van der Waals surface area contributed by atoms with E-state index in [1.54, 1.807) is 12.1 Å². The van der Waals surface area contributed by atoms with Crippen molar-refractivity contribution < 1.29 is 14.3 Å². The number of anilines is 1. The standard InChI is InChI=1S/C14H19ClN2O3S/c1-7(2)12(13(16)21)14(18)17-9-6-10(19-3)8(15)5-11(9)20-4/h5-7,12H,1-4H3,(H2,16,21)(H,17,18). The Hall–Kier alpha value is -1.53. The van der Waals surface area contributed by atoms with Crippen LogP contribution in [0.2, 0.25) is 5.02 Å². The number of thiocarbonyl (C=S) groups is 1. The summed E-state index contributed by atoms with van der Waals surface area (Å²) >= 11 is 11.0. The third kappa shape index (κ3) is 4.22. The summed E-state index contributed by atoms with van der Waals surface area (Å²) in [5, 5.41) is 3.15. The Morgan fingerprint density at radius 1 is 1.29 bits per heavy atom. The topological polar surface area (TPSA) is 73.6 Å². The van der Waals surface area contributed by atoms with Gasteiger partial charge in [0.05, 0.1) is 35.8 Å². The molecule has 116 valence electrons. The Kier molecular flexibility index (Phi) is 6.23. The maximum atomic E-state index is 12.3. The second-order valence-corrected chi connectivity index (χ2v) is 5.68. The van der Waals surface area contributed by atoms with Crippen molar-refractivity contribution in [1.29, 1.82) is 0 Å². The summed E-state index contributed by atoms with van der Waals surface area (Å²) in [4.78, 5) is 12.5. The highest BCUT2D eigenvalue weighted by molar-refractivity contribution is 7.80. The summed E-state index contributed by atoms with van der Waals surface area (Å²) in [6.07, 6.45) is 0. The van der Waals surface area contributed by atoms with Gasteiger partial charge in [-0.3, -0.25) is 4.79 Å².